The number of carbonyl (C=O) groups is 3. The Hall–Kier alpha value is -2.41. The van der Waals surface area contributed by atoms with Crippen molar-refractivity contribution in [2.45, 2.75) is 33.2 Å². The Morgan fingerprint density at radius 3 is 2.58 bits per heavy atom. The molecule has 1 N–H and O–H groups in total. The molecule has 140 valence electrons. The normalized spacial score (nSPS) is 21.4. The summed E-state index contributed by atoms with van der Waals surface area (Å²) in [6.07, 6.45) is -0.0848. The van der Waals surface area contributed by atoms with Crippen molar-refractivity contribution in [2.24, 2.45) is 0 Å². The van der Waals surface area contributed by atoms with E-state index in [1.165, 1.54) is 4.90 Å². The molecule has 2 heterocycles. The molecule has 3 rings (SSSR count). The molecule has 0 aromatic heterocycles. The zero-order chi connectivity index (χ0) is 18.8. The quantitative estimate of drug-likeness (QED) is 0.787. The van der Waals surface area contributed by atoms with Crippen LogP contribution in [0.15, 0.2) is 18.2 Å². The topological polar surface area (TPSA) is 71.4 Å². The van der Waals surface area contributed by atoms with Crippen LogP contribution < -0.4 is 9.80 Å². The van der Waals surface area contributed by atoms with Crippen LogP contribution in [-0.2, 0) is 14.3 Å². The largest absolute Gasteiger partial charge is 0.450 e. The fraction of sp³-hybridized carbons (Fsp3) is 0.526. The third kappa shape index (κ3) is 3.31. The van der Waals surface area contributed by atoms with Crippen LogP contribution in [0.1, 0.15) is 24.5 Å². The van der Waals surface area contributed by atoms with Gasteiger partial charge in [-0.15, -0.1) is 0 Å². The average molecular weight is 360 g/mol. The van der Waals surface area contributed by atoms with Gasteiger partial charge in [-0.2, -0.15) is 0 Å². The molecule has 7 nitrogen and oxygen atoms in total. The summed E-state index contributed by atoms with van der Waals surface area (Å²) in [5, 5.41) is 0. The molecule has 26 heavy (non-hydrogen) atoms. The minimum absolute atomic E-state index is 0.136. The predicted molar refractivity (Wildman–Crippen MR) is 96.1 cm³/mol. The van der Waals surface area contributed by atoms with Crippen LogP contribution >= 0.6 is 0 Å². The Kier molecular flexibility index (Phi) is 5.27. The van der Waals surface area contributed by atoms with Gasteiger partial charge in [0.1, 0.15) is 0 Å². The second kappa shape index (κ2) is 7.45. The van der Waals surface area contributed by atoms with Crippen LogP contribution in [0.4, 0.5) is 10.5 Å². The first-order chi connectivity index (χ1) is 12.4. The van der Waals surface area contributed by atoms with Gasteiger partial charge in [0, 0.05) is 0 Å². The Bertz CT molecular complexity index is 725. The van der Waals surface area contributed by atoms with Crippen LogP contribution in [-0.4, -0.2) is 61.6 Å². The van der Waals surface area contributed by atoms with Gasteiger partial charge in [-0.05, 0) is 38.0 Å². The number of hydrogen-bond donors (Lipinski definition) is 1. The lowest BCUT2D eigenvalue weighted by Gasteiger charge is -2.33. The number of ether oxygens (including phenoxy) is 1. The third-order valence-corrected chi connectivity index (χ3v) is 5.39. The van der Waals surface area contributed by atoms with Crippen LogP contribution in [0.3, 0.4) is 0 Å². The number of nitrogens with zero attached hydrogens (tertiary/aromatic N) is 2. The van der Waals surface area contributed by atoms with Crippen LogP contribution in [0.25, 0.3) is 0 Å². The Morgan fingerprint density at radius 2 is 1.92 bits per heavy atom. The van der Waals surface area contributed by atoms with Gasteiger partial charge in [0.05, 0.1) is 44.9 Å². The molecule has 1 atom stereocenters. The Morgan fingerprint density at radius 1 is 1.23 bits per heavy atom. The van der Waals surface area contributed by atoms with Gasteiger partial charge in [-0.3, -0.25) is 14.5 Å². The van der Waals surface area contributed by atoms with Gasteiger partial charge in [-0.25, -0.2) is 9.69 Å². The number of quaternary nitrogens is 1. The molecule has 2 saturated heterocycles. The third-order valence-electron chi connectivity index (χ3n) is 5.39. The number of benzene rings is 1. The van der Waals surface area contributed by atoms with E-state index < -0.39 is 0 Å². The smallest absolute Gasteiger partial charge is 0.410 e. The maximum Gasteiger partial charge on any atom is 0.410 e. The molecule has 1 aromatic carbocycles. The zero-order valence-corrected chi connectivity index (χ0v) is 15.6. The highest BCUT2D eigenvalue weighted by Crippen LogP contribution is 2.27. The molecule has 0 unspecified atom stereocenters. The van der Waals surface area contributed by atoms with E-state index in [9.17, 15) is 14.4 Å². The second-order valence-electron chi connectivity index (χ2n) is 6.89. The lowest BCUT2D eigenvalue weighted by molar-refractivity contribution is -0.918. The summed E-state index contributed by atoms with van der Waals surface area (Å²) in [4.78, 5) is 41.4. The van der Waals surface area contributed by atoms with Crippen molar-refractivity contribution in [1.29, 1.82) is 0 Å². The van der Waals surface area contributed by atoms with Crippen LogP contribution in [0, 0.1) is 13.8 Å². The van der Waals surface area contributed by atoms with Crippen molar-refractivity contribution in [2.75, 3.05) is 37.7 Å². The van der Waals surface area contributed by atoms with Gasteiger partial charge >= 0.3 is 6.09 Å². The van der Waals surface area contributed by atoms with E-state index in [1.807, 2.05) is 32.0 Å². The van der Waals surface area contributed by atoms with Crippen molar-refractivity contribution in [3.8, 4) is 0 Å². The fourth-order valence-corrected chi connectivity index (χ4v) is 3.72. The number of imide groups is 1. The van der Waals surface area contributed by atoms with E-state index in [0.717, 1.165) is 16.0 Å². The number of piperazine rings is 1. The molecule has 3 amide bonds. The molecule has 0 aliphatic carbocycles. The molecule has 0 saturated carbocycles. The van der Waals surface area contributed by atoms with E-state index in [0.29, 0.717) is 38.5 Å². The van der Waals surface area contributed by atoms with Crippen molar-refractivity contribution in [1.82, 2.24) is 4.90 Å². The lowest BCUT2D eigenvalue weighted by Crippen LogP contribution is -3.19. The van der Waals surface area contributed by atoms with E-state index in [4.69, 9.17) is 4.74 Å². The van der Waals surface area contributed by atoms with Crippen LogP contribution in [0.5, 0.6) is 0 Å². The van der Waals surface area contributed by atoms with Gasteiger partial charge in [-0.1, -0.05) is 12.1 Å². The summed E-state index contributed by atoms with van der Waals surface area (Å²) < 4.78 is 5.03. The number of nitrogens with one attached hydrogen (secondary N) is 1. The first-order valence-corrected chi connectivity index (χ1v) is 9.13. The highest BCUT2D eigenvalue weighted by atomic mass is 16.6. The van der Waals surface area contributed by atoms with Gasteiger partial charge in [0.2, 0.25) is 5.91 Å². The number of anilines is 1. The number of aryl methyl sites for hydroxylation is 1. The molecular formula is C19H26N3O4+. The fourth-order valence-electron chi connectivity index (χ4n) is 3.72. The molecule has 2 aliphatic rings. The van der Waals surface area contributed by atoms with Gasteiger partial charge in [0.25, 0.3) is 5.91 Å². The minimum atomic E-state index is -0.369. The monoisotopic (exact) mass is 360 g/mol. The number of amides is 3. The highest BCUT2D eigenvalue weighted by molar-refractivity contribution is 6.22. The molecule has 0 bridgehead atoms. The van der Waals surface area contributed by atoms with Crippen molar-refractivity contribution in [3.05, 3.63) is 29.3 Å². The highest BCUT2D eigenvalue weighted by Gasteiger charge is 2.47. The maximum atomic E-state index is 13.0. The van der Waals surface area contributed by atoms with Crippen molar-refractivity contribution in [3.63, 3.8) is 0 Å². The Balaban J connectivity index is 1.70. The summed E-state index contributed by atoms with van der Waals surface area (Å²) in [5.74, 6) is -0.280. The molecular weight excluding hydrogens is 334 g/mol. The van der Waals surface area contributed by atoms with Crippen molar-refractivity contribution < 1.29 is 24.0 Å². The summed E-state index contributed by atoms with van der Waals surface area (Å²) in [5.41, 5.74) is 2.70. The predicted octanol–water partition coefficient (Wildman–Crippen LogP) is 0.292. The van der Waals surface area contributed by atoms with E-state index in [-0.39, 0.29) is 30.4 Å². The molecule has 0 radical (unpaired) electrons. The first-order valence-electron chi connectivity index (χ1n) is 9.13. The number of hydrogen-bond acceptors (Lipinski definition) is 4. The van der Waals surface area contributed by atoms with Crippen LogP contribution in [0.2, 0.25) is 0 Å². The lowest BCUT2D eigenvalue weighted by atomic mass is 10.1. The molecule has 0 spiro atoms. The Labute approximate surface area is 153 Å². The molecule has 2 aliphatic heterocycles. The number of rotatable bonds is 3. The van der Waals surface area contributed by atoms with Crippen molar-refractivity contribution >= 4 is 23.6 Å². The van der Waals surface area contributed by atoms with E-state index in [1.54, 1.807) is 11.8 Å². The number of carbonyl (C=O) groups excluding carboxylic acids is 3. The van der Waals surface area contributed by atoms with Gasteiger partial charge < -0.3 is 9.64 Å². The summed E-state index contributed by atoms with van der Waals surface area (Å²) in [6.45, 7) is 8.40. The molecule has 1 aromatic rings. The molecule has 7 heteroatoms. The summed E-state index contributed by atoms with van der Waals surface area (Å²) in [6, 6.07) is 5.30. The van der Waals surface area contributed by atoms with E-state index >= 15 is 0 Å². The average Bonchev–Trinajstić information content (AvgIpc) is 2.92. The zero-order valence-electron chi connectivity index (χ0n) is 15.6. The molecule has 2 fully saturated rings. The summed E-state index contributed by atoms with van der Waals surface area (Å²) in [7, 11) is 0. The van der Waals surface area contributed by atoms with Gasteiger partial charge in [0.15, 0.2) is 6.04 Å². The van der Waals surface area contributed by atoms with E-state index in [2.05, 4.69) is 0 Å². The first kappa shape index (κ1) is 18.4. The summed E-state index contributed by atoms with van der Waals surface area (Å²) >= 11 is 0. The minimum Gasteiger partial charge on any atom is -0.450 e. The standard InChI is InChI=1S/C19H25N3O4/c1-4-26-19(25)21-10-8-20(9-11-21)16-12-17(23)22(18(16)24)15-7-5-6-13(2)14(15)3/h5-7,16H,4,8-12H2,1-3H3/p+1/t16-/m1/s1. The maximum absolute atomic E-state index is 13.0. The second-order valence-corrected chi connectivity index (χ2v) is 6.89. The SMILES string of the molecule is CCOC(=O)N1CC[NH+]([C@@H]2CC(=O)N(c3cccc(C)c3C)C2=O)CC1.